The Morgan fingerprint density at radius 2 is 1.89 bits per heavy atom. The number of hydrogen-bond donors (Lipinski definition) is 2. The van der Waals surface area contributed by atoms with E-state index < -0.39 is 0 Å². The van der Waals surface area contributed by atoms with E-state index in [2.05, 4.69) is 10.6 Å². The van der Waals surface area contributed by atoms with Crippen LogP contribution in [0.4, 0.5) is 10.5 Å². The van der Waals surface area contributed by atoms with Crippen molar-refractivity contribution in [1.82, 2.24) is 5.32 Å². The Labute approximate surface area is 164 Å². The van der Waals surface area contributed by atoms with E-state index in [1.807, 2.05) is 38.1 Å². The molecule has 0 aliphatic carbocycles. The third kappa shape index (κ3) is 7.37. The zero-order valence-electron chi connectivity index (χ0n) is 15.6. The van der Waals surface area contributed by atoms with Crippen molar-refractivity contribution in [1.29, 1.82) is 0 Å². The van der Waals surface area contributed by atoms with E-state index in [9.17, 15) is 4.79 Å². The number of rotatable bonds is 10. The number of hydrogen-bond acceptors (Lipinski definition) is 4. The molecule has 0 saturated heterocycles. The number of benzene rings is 2. The molecular formula is C20H25ClN2O4. The van der Waals surface area contributed by atoms with Crippen LogP contribution >= 0.6 is 11.6 Å². The summed E-state index contributed by atoms with van der Waals surface area (Å²) in [6.07, 6.45) is 0. The molecular weight excluding hydrogens is 368 g/mol. The molecule has 2 aromatic rings. The number of carbonyl (C=O) groups is 1. The lowest BCUT2D eigenvalue weighted by molar-refractivity contribution is 0.110. The lowest BCUT2D eigenvalue weighted by atomic mass is 10.2. The highest BCUT2D eigenvalue weighted by Gasteiger charge is 2.11. The second-order valence-electron chi connectivity index (χ2n) is 5.71. The van der Waals surface area contributed by atoms with Gasteiger partial charge in [0.1, 0.15) is 19.0 Å². The third-order valence-corrected chi connectivity index (χ3v) is 3.84. The van der Waals surface area contributed by atoms with Gasteiger partial charge in [0.25, 0.3) is 0 Å². The molecule has 2 N–H and O–H groups in total. The number of ether oxygens (including phenoxy) is 3. The van der Waals surface area contributed by atoms with Gasteiger partial charge in [0.2, 0.25) is 0 Å². The molecule has 0 fully saturated rings. The van der Waals surface area contributed by atoms with E-state index in [-0.39, 0.29) is 6.03 Å². The van der Waals surface area contributed by atoms with Crippen LogP contribution in [0.15, 0.2) is 42.5 Å². The summed E-state index contributed by atoms with van der Waals surface area (Å²) < 4.78 is 16.5. The maximum atomic E-state index is 12.1. The van der Waals surface area contributed by atoms with Gasteiger partial charge in [0.15, 0.2) is 5.75 Å². The van der Waals surface area contributed by atoms with Crippen molar-refractivity contribution >= 4 is 23.3 Å². The van der Waals surface area contributed by atoms with Gasteiger partial charge in [-0.05, 0) is 43.7 Å². The molecule has 7 heteroatoms. The Morgan fingerprint density at radius 1 is 1.07 bits per heavy atom. The van der Waals surface area contributed by atoms with E-state index >= 15 is 0 Å². The normalized spacial score (nSPS) is 10.3. The fraction of sp³-hybridized carbons (Fsp3) is 0.350. The predicted molar refractivity (Wildman–Crippen MR) is 107 cm³/mol. The first kappa shape index (κ1) is 20.9. The molecule has 0 aliphatic heterocycles. The molecule has 6 nitrogen and oxygen atoms in total. The molecule has 0 radical (unpaired) electrons. The quantitative estimate of drug-likeness (QED) is 0.592. The number of nitrogens with one attached hydrogen (secondary N) is 2. The summed E-state index contributed by atoms with van der Waals surface area (Å²) in [5.41, 5.74) is 1.62. The summed E-state index contributed by atoms with van der Waals surface area (Å²) in [5, 5.41) is 5.91. The average Bonchev–Trinajstić information content (AvgIpc) is 2.64. The summed E-state index contributed by atoms with van der Waals surface area (Å²) >= 11 is 6.18. The molecule has 0 aromatic heterocycles. The molecule has 2 amide bonds. The van der Waals surface area contributed by atoms with Crippen LogP contribution in [-0.2, 0) is 4.74 Å². The Morgan fingerprint density at radius 3 is 2.67 bits per heavy atom. The predicted octanol–water partition coefficient (Wildman–Crippen LogP) is 4.26. The van der Waals surface area contributed by atoms with Crippen LogP contribution in [0.3, 0.4) is 0 Å². The van der Waals surface area contributed by atoms with Crippen molar-refractivity contribution in [2.45, 2.75) is 13.8 Å². The SMILES string of the molecule is CCOCCOc1c(Cl)cccc1NC(=O)NCCOc1cccc(C)c1. The molecule has 2 rings (SSSR count). The minimum absolute atomic E-state index is 0.345. The van der Waals surface area contributed by atoms with Gasteiger partial charge in [-0.3, -0.25) is 0 Å². The van der Waals surface area contributed by atoms with Gasteiger partial charge >= 0.3 is 6.03 Å². The Bertz CT molecular complexity index is 740. The van der Waals surface area contributed by atoms with Crippen LogP contribution in [-0.4, -0.2) is 39.0 Å². The molecule has 0 heterocycles. The van der Waals surface area contributed by atoms with Gasteiger partial charge in [-0.25, -0.2) is 4.79 Å². The topological polar surface area (TPSA) is 68.8 Å². The molecule has 0 saturated carbocycles. The number of anilines is 1. The highest BCUT2D eigenvalue weighted by molar-refractivity contribution is 6.32. The van der Waals surface area contributed by atoms with Crippen molar-refractivity contribution in [3.8, 4) is 11.5 Å². The van der Waals surface area contributed by atoms with E-state index in [4.69, 9.17) is 25.8 Å². The van der Waals surface area contributed by atoms with Crippen LogP contribution < -0.4 is 20.1 Å². The summed E-state index contributed by atoms with van der Waals surface area (Å²) in [6.45, 7) is 6.05. The first-order chi connectivity index (χ1) is 13.1. The summed E-state index contributed by atoms with van der Waals surface area (Å²) in [6, 6.07) is 12.6. The minimum Gasteiger partial charge on any atom is -0.492 e. The Balaban J connectivity index is 1.80. The lowest BCUT2D eigenvalue weighted by Crippen LogP contribution is -2.32. The fourth-order valence-corrected chi connectivity index (χ4v) is 2.54. The number of amides is 2. The minimum atomic E-state index is -0.361. The molecule has 2 aromatic carbocycles. The van der Waals surface area contributed by atoms with Crippen molar-refractivity contribution in [3.05, 3.63) is 53.1 Å². The van der Waals surface area contributed by atoms with Gasteiger partial charge in [0.05, 0.1) is 23.9 Å². The van der Waals surface area contributed by atoms with Crippen molar-refractivity contribution in [3.63, 3.8) is 0 Å². The van der Waals surface area contributed by atoms with Gasteiger partial charge in [-0.2, -0.15) is 0 Å². The largest absolute Gasteiger partial charge is 0.492 e. The molecule has 27 heavy (non-hydrogen) atoms. The maximum Gasteiger partial charge on any atom is 0.319 e. The van der Waals surface area contributed by atoms with Gasteiger partial charge in [-0.15, -0.1) is 0 Å². The molecule has 0 unspecified atom stereocenters. The number of halogens is 1. The average molecular weight is 393 g/mol. The second-order valence-corrected chi connectivity index (χ2v) is 6.11. The van der Waals surface area contributed by atoms with Crippen molar-refractivity contribution in [2.75, 3.05) is 38.3 Å². The van der Waals surface area contributed by atoms with Gasteiger partial charge < -0.3 is 24.8 Å². The first-order valence-electron chi connectivity index (χ1n) is 8.83. The lowest BCUT2D eigenvalue weighted by Gasteiger charge is -2.14. The van der Waals surface area contributed by atoms with Crippen molar-refractivity contribution in [2.24, 2.45) is 0 Å². The van der Waals surface area contributed by atoms with Crippen LogP contribution in [0.2, 0.25) is 5.02 Å². The third-order valence-electron chi connectivity index (χ3n) is 3.54. The van der Waals surface area contributed by atoms with Crippen LogP contribution in [0.1, 0.15) is 12.5 Å². The van der Waals surface area contributed by atoms with E-state index in [1.54, 1.807) is 18.2 Å². The van der Waals surface area contributed by atoms with Gasteiger partial charge in [0, 0.05) is 6.61 Å². The second kappa shape index (κ2) is 11.3. The molecule has 0 spiro atoms. The molecule has 146 valence electrons. The number of urea groups is 1. The summed E-state index contributed by atoms with van der Waals surface area (Å²) in [4.78, 5) is 12.1. The molecule has 0 atom stereocenters. The maximum absolute atomic E-state index is 12.1. The zero-order chi connectivity index (χ0) is 19.5. The summed E-state index contributed by atoms with van der Waals surface area (Å²) in [7, 11) is 0. The Kier molecular flexibility index (Phi) is 8.74. The van der Waals surface area contributed by atoms with E-state index in [0.717, 1.165) is 11.3 Å². The number of carbonyl (C=O) groups excluding carboxylic acids is 1. The fourth-order valence-electron chi connectivity index (χ4n) is 2.31. The molecule has 0 aliphatic rings. The van der Waals surface area contributed by atoms with Gasteiger partial charge in [-0.1, -0.05) is 29.8 Å². The monoisotopic (exact) mass is 392 g/mol. The first-order valence-corrected chi connectivity index (χ1v) is 9.21. The van der Waals surface area contributed by atoms with Crippen molar-refractivity contribution < 1.29 is 19.0 Å². The Hall–Kier alpha value is -2.44. The molecule has 0 bridgehead atoms. The smallest absolute Gasteiger partial charge is 0.319 e. The standard InChI is InChI=1S/C20H25ClN2O4/c1-3-25-12-13-27-19-17(21)8-5-9-18(19)23-20(24)22-10-11-26-16-7-4-6-15(2)14-16/h4-9,14H,3,10-13H2,1-2H3,(H2,22,23,24). The highest BCUT2D eigenvalue weighted by Crippen LogP contribution is 2.32. The summed E-state index contributed by atoms with van der Waals surface area (Å²) in [5.74, 6) is 1.20. The number of aryl methyl sites for hydroxylation is 1. The van der Waals surface area contributed by atoms with Crippen LogP contribution in [0.25, 0.3) is 0 Å². The van der Waals surface area contributed by atoms with Crippen LogP contribution in [0.5, 0.6) is 11.5 Å². The highest BCUT2D eigenvalue weighted by atomic mass is 35.5. The zero-order valence-corrected chi connectivity index (χ0v) is 16.3. The van der Waals surface area contributed by atoms with E-state index in [0.29, 0.717) is 49.4 Å². The number of para-hydroxylation sites is 1. The van der Waals surface area contributed by atoms with Crippen LogP contribution in [0, 0.1) is 6.92 Å². The van der Waals surface area contributed by atoms with E-state index in [1.165, 1.54) is 0 Å².